The van der Waals surface area contributed by atoms with Crippen molar-refractivity contribution in [1.29, 1.82) is 0 Å². The summed E-state index contributed by atoms with van der Waals surface area (Å²) in [5.74, 6) is -0.436. The number of hydrogen-bond acceptors (Lipinski definition) is 3. The summed E-state index contributed by atoms with van der Waals surface area (Å²) in [6.07, 6.45) is 0. The van der Waals surface area contributed by atoms with Crippen LogP contribution in [0.1, 0.15) is 15.9 Å². The molecule has 0 saturated heterocycles. The zero-order valence-corrected chi connectivity index (χ0v) is 7.72. The van der Waals surface area contributed by atoms with Gasteiger partial charge in [0.25, 0.3) is 0 Å². The summed E-state index contributed by atoms with van der Waals surface area (Å²) in [6.45, 7) is 1.81. The fraction of sp³-hybridized carbons (Fsp3) is 0.222. The molecule has 0 aliphatic rings. The van der Waals surface area contributed by atoms with Crippen molar-refractivity contribution in [3.05, 3.63) is 23.3 Å². The van der Waals surface area contributed by atoms with Crippen LogP contribution in [-0.2, 0) is 0 Å². The van der Waals surface area contributed by atoms with Gasteiger partial charge in [-0.15, -0.1) is 0 Å². The van der Waals surface area contributed by atoms with Crippen LogP contribution in [0.25, 0.3) is 0 Å². The van der Waals surface area contributed by atoms with E-state index in [9.17, 15) is 4.79 Å². The second-order valence-electron chi connectivity index (χ2n) is 2.82. The van der Waals surface area contributed by atoms with E-state index in [4.69, 9.17) is 11.5 Å². The third-order valence-corrected chi connectivity index (χ3v) is 2.01. The summed E-state index contributed by atoms with van der Waals surface area (Å²) in [5.41, 5.74) is 13.5. The molecule has 1 aromatic carbocycles. The van der Waals surface area contributed by atoms with Crippen molar-refractivity contribution in [3.63, 3.8) is 0 Å². The molecule has 0 spiro atoms. The van der Waals surface area contributed by atoms with E-state index in [1.165, 1.54) is 0 Å². The quantitative estimate of drug-likeness (QED) is 0.585. The van der Waals surface area contributed by atoms with Gasteiger partial charge < -0.3 is 16.8 Å². The van der Waals surface area contributed by atoms with Gasteiger partial charge in [0.1, 0.15) is 0 Å². The summed E-state index contributed by atoms with van der Waals surface area (Å²) >= 11 is 0. The molecule has 0 aliphatic heterocycles. The number of carbonyl (C=O) groups is 1. The normalized spacial score (nSPS) is 9.69. The van der Waals surface area contributed by atoms with Gasteiger partial charge in [-0.3, -0.25) is 4.79 Å². The first-order chi connectivity index (χ1) is 6.07. The summed E-state index contributed by atoms with van der Waals surface area (Å²) < 4.78 is 0. The number of amides is 1. The molecular formula is C9H13N3O. The van der Waals surface area contributed by atoms with Gasteiger partial charge in [-0.1, -0.05) is 0 Å². The Balaban J connectivity index is 3.35. The van der Waals surface area contributed by atoms with Crippen LogP contribution in [0, 0.1) is 6.92 Å². The van der Waals surface area contributed by atoms with Crippen molar-refractivity contribution in [2.24, 2.45) is 5.73 Å². The number of nitrogen functional groups attached to an aromatic ring is 1. The zero-order chi connectivity index (χ0) is 10.0. The molecule has 5 N–H and O–H groups in total. The molecule has 0 unspecified atom stereocenters. The molecular weight excluding hydrogens is 166 g/mol. The lowest BCUT2D eigenvalue weighted by atomic mass is 10.0. The van der Waals surface area contributed by atoms with E-state index in [1.54, 1.807) is 19.2 Å². The highest BCUT2D eigenvalue weighted by Crippen LogP contribution is 2.25. The van der Waals surface area contributed by atoms with Crippen LogP contribution < -0.4 is 16.8 Å². The Morgan fingerprint density at radius 1 is 1.46 bits per heavy atom. The van der Waals surface area contributed by atoms with Gasteiger partial charge in [-0.05, 0) is 24.6 Å². The van der Waals surface area contributed by atoms with Crippen LogP contribution >= 0.6 is 0 Å². The average molecular weight is 179 g/mol. The minimum Gasteiger partial charge on any atom is -0.397 e. The molecule has 0 saturated carbocycles. The Morgan fingerprint density at radius 3 is 2.54 bits per heavy atom. The van der Waals surface area contributed by atoms with E-state index in [2.05, 4.69) is 5.32 Å². The maximum Gasteiger partial charge on any atom is 0.249 e. The van der Waals surface area contributed by atoms with E-state index in [1.807, 2.05) is 6.92 Å². The maximum atomic E-state index is 11.0. The smallest absolute Gasteiger partial charge is 0.249 e. The molecule has 0 bridgehead atoms. The first-order valence-electron chi connectivity index (χ1n) is 3.94. The number of nitrogens with one attached hydrogen (secondary N) is 1. The Kier molecular flexibility index (Phi) is 2.41. The molecule has 0 heterocycles. The lowest BCUT2D eigenvalue weighted by molar-refractivity contribution is 0.1000. The van der Waals surface area contributed by atoms with E-state index in [0.29, 0.717) is 11.3 Å². The Labute approximate surface area is 76.9 Å². The Bertz CT molecular complexity index is 347. The fourth-order valence-corrected chi connectivity index (χ4v) is 1.33. The fourth-order valence-electron chi connectivity index (χ4n) is 1.33. The number of primary amides is 1. The molecule has 13 heavy (non-hydrogen) atoms. The van der Waals surface area contributed by atoms with Crippen molar-refractivity contribution in [2.75, 3.05) is 18.1 Å². The summed E-state index contributed by atoms with van der Waals surface area (Å²) in [5, 5.41) is 2.93. The average Bonchev–Trinajstić information content (AvgIpc) is 2.04. The maximum absolute atomic E-state index is 11.0. The van der Waals surface area contributed by atoms with E-state index in [0.717, 1.165) is 11.3 Å². The highest BCUT2D eigenvalue weighted by atomic mass is 16.1. The number of carbonyl (C=O) groups excluding carboxylic acids is 1. The highest BCUT2D eigenvalue weighted by molar-refractivity contribution is 5.97. The van der Waals surface area contributed by atoms with Gasteiger partial charge in [0.15, 0.2) is 0 Å². The van der Waals surface area contributed by atoms with Crippen molar-refractivity contribution in [3.8, 4) is 0 Å². The van der Waals surface area contributed by atoms with Crippen molar-refractivity contribution < 1.29 is 4.79 Å². The third-order valence-electron chi connectivity index (χ3n) is 2.01. The van der Waals surface area contributed by atoms with E-state index < -0.39 is 5.91 Å². The lowest BCUT2D eigenvalue weighted by Crippen LogP contribution is -2.14. The van der Waals surface area contributed by atoms with Gasteiger partial charge in [0.05, 0.1) is 11.4 Å². The van der Waals surface area contributed by atoms with Crippen molar-refractivity contribution in [1.82, 2.24) is 0 Å². The molecule has 70 valence electrons. The zero-order valence-electron chi connectivity index (χ0n) is 7.72. The van der Waals surface area contributed by atoms with Gasteiger partial charge in [-0.2, -0.15) is 0 Å². The molecule has 1 rings (SSSR count). The van der Waals surface area contributed by atoms with Gasteiger partial charge in [0, 0.05) is 12.6 Å². The summed E-state index contributed by atoms with van der Waals surface area (Å²) in [6, 6.07) is 3.30. The Hall–Kier alpha value is -1.71. The highest BCUT2D eigenvalue weighted by Gasteiger charge is 2.09. The molecule has 1 aromatic rings. The SMILES string of the molecule is CNc1c(N)ccc(C(N)=O)c1C. The van der Waals surface area contributed by atoms with Gasteiger partial charge >= 0.3 is 0 Å². The molecule has 0 aromatic heterocycles. The predicted octanol–water partition coefficient (Wildman–Crippen LogP) is 0.718. The van der Waals surface area contributed by atoms with Gasteiger partial charge in [-0.25, -0.2) is 0 Å². The molecule has 0 fully saturated rings. The molecule has 0 radical (unpaired) electrons. The molecule has 4 nitrogen and oxygen atoms in total. The first-order valence-corrected chi connectivity index (χ1v) is 3.94. The molecule has 4 heteroatoms. The number of anilines is 2. The van der Waals surface area contributed by atoms with Crippen LogP contribution in [0.3, 0.4) is 0 Å². The van der Waals surface area contributed by atoms with Crippen molar-refractivity contribution >= 4 is 17.3 Å². The second-order valence-corrected chi connectivity index (χ2v) is 2.82. The number of hydrogen-bond donors (Lipinski definition) is 3. The van der Waals surface area contributed by atoms with Crippen LogP contribution in [0.2, 0.25) is 0 Å². The molecule has 0 aliphatic carbocycles. The lowest BCUT2D eigenvalue weighted by Gasteiger charge is -2.11. The summed E-state index contributed by atoms with van der Waals surface area (Å²) in [4.78, 5) is 11.0. The van der Waals surface area contributed by atoms with Crippen LogP contribution in [0.4, 0.5) is 11.4 Å². The Morgan fingerprint density at radius 2 is 2.08 bits per heavy atom. The van der Waals surface area contributed by atoms with Crippen molar-refractivity contribution in [2.45, 2.75) is 6.92 Å². The van der Waals surface area contributed by atoms with Gasteiger partial charge in [0.2, 0.25) is 5.91 Å². The van der Waals surface area contributed by atoms with Crippen LogP contribution in [-0.4, -0.2) is 13.0 Å². The first kappa shape index (κ1) is 9.38. The molecule has 0 atom stereocenters. The summed E-state index contributed by atoms with van der Waals surface area (Å²) in [7, 11) is 1.75. The number of benzene rings is 1. The predicted molar refractivity (Wildman–Crippen MR) is 53.7 cm³/mol. The second kappa shape index (κ2) is 3.35. The van der Waals surface area contributed by atoms with Crippen LogP contribution in [0.15, 0.2) is 12.1 Å². The largest absolute Gasteiger partial charge is 0.397 e. The molecule has 1 amide bonds. The third kappa shape index (κ3) is 1.56. The van der Waals surface area contributed by atoms with E-state index in [-0.39, 0.29) is 0 Å². The van der Waals surface area contributed by atoms with E-state index >= 15 is 0 Å². The number of rotatable bonds is 2. The minimum atomic E-state index is -0.436. The standard InChI is InChI=1S/C9H13N3O/c1-5-6(9(11)13)3-4-7(10)8(5)12-2/h3-4,12H,10H2,1-2H3,(H2,11,13). The number of nitrogens with two attached hydrogens (primary N) is 2. The monoisotopic (exact) mass is 179 g/mol. The van der Waals surface area contributed by atoms with Crippen LogP contribution in [0.5, 0.6) is 0 Å². The topological polar surface area (TPSA) is 81.1 Å². The minimum absolute atomic E-state index is 0.436.